The van der Waals surface area contributed by atoms with Gasteiger partial charge in [0.2, 0.25) is 0 Å². The molecule has 1 atom stereocenters. The Morgan fingerprint density at radius 1 is 1.29 bits per heavy atom. The third-order valence-corrected chi connectivity index (χ3v) is 5.71. The van der Waals surface area contributed by atoms with Gasteiger partial charge in [-0.2, -0.15) is 0 Å². The Morgan fingerprint density at radius 2 is 2.00 bits per heavy atom. The van der Waals surface area contributed by atoms with E-state index >= 15 is 0 Å². The summed E-state index contributed by atoms with van der Waals surface area (Å²) < 4.78 is 0. The SMILES string of the molecule is CN1CCC(C)(CN=C2NC(c3ccccc3)CS2)CC1. The zero-order valence-corrected chi connectivity index (χ0v) is 13.8. The summed E-state index contributed by atoms with van der Waals surface area (Å²) in [5.41, 5.74) is 1.74. The van der Waals surface area contributed by atoms with Gasteiger partial charge >= 0.3 is 0 Å². The van der Waals surface area contributed by atoms with E-state index in [1.807, 2.05) is 11.8 Å². The Bertz CT molecular complexity index is 492. The highest BCUT2D eigenvalue weighted by molar-refractivity contribution is 8.14. The number of aliphatic imine (C=N–C) groups is 1. The van der Waals surface area contributed by atoms with Crippen molar-refractivity contribution in [1.82, 2.24) is 10.2 Å². The molecule has 114 valence electrons. The van der Waals surface area contributed by atoms with Gasteiger partial charge in [-0.25, -0.2) is 0 Å². The molecule has 0 radical (unpaired) electrons. The molecule has 2 aliphatic heterocycles. The van der Waals surface area contributed by atoms with Gasteiger partial charge in [0.05, 0.1) is 6.04 Å². The van der Waals surface area contributed by atoms with E-state index in [0.29, 0.717) is 11.5 Å². The normalized spacial score (nSPS) is 27.7. The third-order valence-electron chi connectivity index (χ3n) is 4.68. The molecule has 0 saturated carbocycles. The van der Waals surface area contributed by atoms with Gasteiger partial charge in [-0.1, -0.05) is 49.0 Å². The fourth-order valence-electron chi connectivity index (χ4n) is 2.93. The fraction of sp³-hybridized carbons (Fsp3) is 0.588. The van der Waals surface area contributed by atoms with Crippen LogP contribution in [0.2, 0.25) is 0 Å². The molecule has 2 fully saturated rings. The summed E-state index contributed by atoms with van der Waals surface area (Å²) in [6.45, 7) is 5.75. The van der Waals surface area contributed by atoms with Crippen molar-refractivity contribution in [2.24, 2.45) is 10.4 Å². The minimum absolute atomic E-state index is 0.382. The molecule has 21 heavy (non-hydrogen) atoms. The second-order valence-electron chi connectivity index (χ2n) is 6.65. The van der Waals surface area contributed by atoms with E-state index in [1.165, 1.54) is 31.5 Å². The topological polar surface area (TPSA) is 27.6 Å². The lowest BCUT2D eigenvalue weighted by atomic mass is 9.81. The number of nitrogens with one attached hydrogen (secondary N) is 1. The maximum absolute atomic E-state index is 4.87. The molecule has 1 unspecified atom stereocenters. The highest BCUT2D eigenvalue weighted by Crippen LogP contribution is 2.32. The lowest BCUT2D eigenvalue weighted by Gasteiger charge is -2.36. The first-order chi connectivity index (χ1) is 10.1. The Labute approximate surface area is 132 Å². The average molecular weight is 303 g/mol. The number of nitrogens with zero attached hydrogens (tertiary/aromatic N) is 2. The van der Waals surface area contributed by atoms with Crippen LogP contribution in [-0.2, 0) is 0 Å². The second kappa shape index (κ2) is 6.41. The van der Waals surface area contributed by atoms with Gasteiger partial charge in [-0.3, -0.25) is 4.99 Å². The van der Waals surface area contributed by atoms with Gasteiger partial charge in [0, 0.05) is 12.3 Å². The van der Waals surface area contributed by atoms with Gasteiger partial charge in [0.25, 0.3) is 0 Å². The molecule has 4 heteroatoms. The molecule has 1 aromatic rings. The molecule has 0 amide bonds. The van der Waals surface area contributed by atoms with Crippen LogP contribution < -0.4 is 5.32 Å². The smallest absolute Gasteiger partial charge is 0.157 e. The molecule has 0 aliphatic carbocycles. The molecule has 0 bridgehead atoms. The fourth-order valence-corrected chi connectivity index (χ4v) is 3.91. The largest absolute Gasteiger partial charge is 0.357 e. The van der Waals surface area contributed by atoms with Crippen LogP contribution in [0.1, 0.15) is 31.4 Å². The monoisotopic (exact) mass is 303 g/mol. The van der Waals surface area contributed by atoms with E-state index in [1.54, 1.807) is 0 Å². The van der Waals surface area contributed by atoms with Crippen LogP contribution in [0.15, 0.2) is 35.3 Å². The molecule has 0 aromatic heterocycles. The van der Waals surface area contributed by atoms with E-state index < -0.39 is 0 Å². The van der Waals surface area contributed by atoms with Crippen molar-refractivity contribution in [2.45, 2.75) is 25.8 Å². The zero-order valence-electron chi connectivity index (χ0n) is 13.0. The maximum Gasteiger partial charge on any atom is 0.157 e. The second-order valence-corrected chi connectivity index (χ2v) is 7.66. The van der Waals surface area contributed by atoms with Gasteiger partial charge in [-0.15, -0.1) is 0 Å². The number of thioether (sulfide) groups is 1. The molecule has 1 aromatic carbocycles. The van der Waals surface area contributed by atoms with E-state index in [4.69, 9.17) is 4.99 Å². The summed E-state index contributed by atoms with van der Waals surface area (Å²) in [5.74, 6) is 1.09. The van der Waals surface area contributed by atoms with Crippen LogP contribution in [0.5, 0.6) is 0 Å². The van der Waals surface area contributed by atoms with Crippen LogP contribution in [0.4, 0.5) is 0 Å². The molecule has 2 heterocycles. The zero-order chi connectivity index (χ0) is 14.7. The van der Waals surface area contributed by atoms with Gasteiger partial charge in [0.1, 0.15) is 0 Å². The van der Waals surface area contributed by atoms with Gasteiger partial charge < -0.3 is 10.2 Å². The Morgan fingerprint density at radius 3 is 2.71 bits per heavy atom. The van der Waals surface area contributed by atoms with Crippen LogP contribution in [-0.4, -0.2) is 42.5 Å². The first-order valence-electron chi connectivity index (χ1n) is 7.82. The molecule has 3 nitrogen and oxygen atoms in total. The number of rotatable bonds is 3. The lowest BCUT2D eigenvalue weighted by molar-refractivity contribution is 0.147. The number of piperidine rings is 1. The van der Waals surface area contributed by atoms with E-state index in [2.05, 4.69) is 54.5 Å². The molecule has 1 N–H and O–H groups in total. The highest BCUT2D eigenvalue weighted by Gasteiger charge is 2.29. The molecule has 3 rings (SSSR count). The van der Waals surface area contributed by atoms with Gasteiger partial charge in [-0.05, 0) is 44.0 Å². The predicted octanol–water partition coefficient (Wildman–Crippen LogP) is 3.15. The van der Waals surface area contributed by atoms with Crippen molar-refractivity contribution in [2.75, 3.05) is 32.4 Å². The number of likely N-dealkylation sites (tertiary alicyclic amines) is 1. The molecule has 0 spiro atoms. The molecule has 2 saturated heterocycles. The van der Waals surface area contributed by atoms with Crippen molar-refractivity contribution in [1.29, 1.82) is 0 Å². The number of hydrogen-bond donors (Lipinski definition) is 1. The average Bonchev–Trinajstić information content (AvgIpc) is 2.99. The summed E-state index contributed by atoms with van der Waals surface area (Å²) in [6.07, 6.45) is 2.51. The van der Waals surface area contributed by atoms with Crippen molar-refractivity contribution in [3.05, 3.63) is 35.9 Å². The first kappa shape index (κ1) is 14.9. The number of amidine groups is 1. The quantitative estimate of drug-likeness (QED) is 0.929. The Balaban J connectivity index is 1.56. The minimum atomic E-state index is 0.382. The Kier molecular flexibility index (Phi) is 4.55. The van der Waals surface area contributed by atoms with Crippen LogP contribution in [0, 0.1) is 5.41 Å². The summed E-state index contributed by atoms with van der Waals surface area (Å²) >= 11 is 1.86. The third kappa shape index (κ3) is 3.80. The van der Waals surface area contributed by atoms with Crippen LogP contribution in [0.25, 0.3) is 0 Å². The van der Waals surface area contributed by atoms with E-state index in [9.17, 15) is 0 Å². The number of hydrogen-bond acceptors (Lipinski definition) is 3. The van der Waals surface area contributed by atoms with Crippen molar-refractivity contribution in [3.63, 3.8) is 0 Å². The Hall–Kier alpha value is -1.00. The molecular formula is C17H25N3S. The van der Waals surface area contributed by atoms with E-state index in [0.717, 1.165) is 17.5 Å². The van der Waals surface area contributed by atoms with Crippen molar-refractivity contribution >= 4 is 16.9 Å². The first-order valence-corrected chi connectivity index (χ1v) is 8.80. The van der Waals surface area contributed by atoms with Crippen LogP contribution >= 0.6 is 11.8 Å². The van der Waals surface area contributed by atoms with E-state index in [-0.39, 0.29) is 0 Å². The summed E-state index contributed by atoms with van der Waals surface area (Å²) in [4.78, 5) is 7.29. The van der Waals surface area contributed by atoms with Crippen molar-refractivity contribution < 1.29 is 0 Å². The number of benzene rings is 1. The van der Waals surface area contributed by atoms with Crippen molar-refractivity contribution in [3.8, 4) is 0 Å². The predicted molar refractivity (Wildman–Crippen MR) is 91.9 cm³/mol. The van der Waals surface area contributed by atoms with Crippen LogP contribution in [0.3, 0.4) is 0 Å². The molecule has 2 aliphatic rings. The summed E-state index contributed by atoms with van der Waals surface area (Å²) in [6, 6.07) is 11.1. The van der Waals surface area contributed by atoms with Gasteiger partial charge in [0.15, 0.2) is 5.17 Å². The standard InChI is InChI=1S/C17H25N3S/c1-17(8-10-20(2)11-9-17)13-18-16-19-15(12-21-16)14-6-4-3-5-7-14/h3-7,15H,8-13H2,1-2H3,(H,18,19). The minimum Gasteiger partial charge on any atom is -0.357 e. The summed E-state index contributed by atoms with van der Waals surface area (Å²) in [5, 5.41) is 4.70. The molecular weight excluding hydrogens is 278 g/mol. The maximum atomic E-state index is 4.87. The summed E-state index contributed by atoms with van der Waals surface area (Å²) in [7, 11) is 2.21. The highest BCUT2D eigenvalue weighted by atomic mass is 32.2. The lowest BCUT2D eigenvalue weighted by Crippen LogP contribution is -2.38.